The SMILES string of the molecule is CC(=O)O[C@@H]1CC[C@@]2(C)C(=CC[C@@H]3[C@@H]4C[C@@H]5OC([C@H]6C[C@H](C)CN6C(C)=O)=C(C)[C@H]5[C@@]4(C)CC[C@@H]32)C1. The lowest BCUT2D eigenvalue weighted by atomic mass is 9.47. The molecule has 36 heavy (non-hydrogen) atoms. The topological polar surface area (TPSA) is 55.8 Å². The number of ether oxygens (including phenoxy) is 2. The Balaban J connectivity index is 1.25. The maximum Gasteiger partial charge on any atom is 0.302 e. The molecule has 3 saturated carbocycles. The van der Waals surface area contributed by atoms with Gasteiger partial charge in [-0.25, -0.2) is 0 Å². The Labute approximate surface area is 217 Å². The molecule has 2 aliphatic heterocycles. The molecule has 6 aliphatic rings. The predicted octanol–water partition coefficient (Wildman–Crippen LogP) is 6.04. The molecule has 0 spiro atoms. The van der Waals surface area contributed by atoms with Crippen LogP contribution in [0.3, 0.4) is 0 Å². The highest BCUT2D eigenvalue weighted by Gasteiger charge is 2.64. The summed E-state index contributed by atoms with van der Waals surface area (Å²) >= 11 is 0. The first kappa shape index (κ1) is 24.6. The van der Waals surface area contributed by atoms with E-state index in [-0.39, 0.29) is 41.0 Å². The molecular weight excluding hydrogens is 450 g/mol. The van der Waals surface area contributed by atoms with Crippen LogP contribution in [0.25, 0.3) is 0 Å². The van der Waals surface area contributed by atoms with Crippen LogP contribution in [0, 0.1) is 40.4 Å². The van der Waals surface area contributed by atoms with Gasteiger partial charge < -0.3 is 14.4 Å². The number of hydrogen-bond donors (Lipinski definition) is 0. The number of allylic oxidation sites excluding steroid dienone is 1. The number of carbonyl (C=O) groups is 2. The van der Waals surface area contributed by atoms with Crippen molar-refractivity contribution in [2.75, 3.05) is 6.54 Å². The van der Waals surface area contributed by atoms with Crippen LogP contribution in [0.2, 0.25) is 0 Å². The molecule has 0 aromatic carbocycles. The Morgan fingerprint density at radius 2 is 1.89 bits per heavy atom. The molecule has 0 unspecified atom stereocenters. The van der Waals surface area contributed by atoms with Gasteiger partial charge in [-0.15, -0.1) is 0 Å². The third-order valence-electron chi connectivity index (χ3n) is 11.7. The maximum atomic E-state index is 12.4. The van der Waals surface area contributed by atoms with Crippen molar-refractivity contribution in [3.05, 3.63) is 23.0 Å². The number of likely N-dealkylation sites (tertiary alicyclic amines) is 1. The van der Waals surface area contributed by atoms with E-state index >= 15 is 0 Å². The molecule has 0 aromatic heterocycles. The molecule has 1 saturated heterocycles. The standard InChI is InChI=1S/C31H45NO4/c1-17-13-26(32(16-17)19(3)33)29-18(2)28-27(36-29)15-25-23-8-7-21-14-22(35-20(4)34)9-11-30(21,5)24(23)10-12-31(25,28)6/h7,17,22-28H,8-16H2,1-6H3/t17-,22+,23-,24-,25-,26+,27-,28+,30-,31-/m0/s1. The molecular formula is C31H45NO4. The molecule has 2 heterocycles. The van der Waals surface area contributed by atoms with Gasteiger partial charge in [-0.1, -0.05) is 32.4 Å². The van der Waals surface area contributed by atoms with Crippen molar-refractivity contribution in [2.24, 2.45) is 40.4 Å². The van der Waals surface area contributed by atoms with Crippen LogP contribution >= 0.6 is 0 Å². The summed E-state index contributed by atoms with van der Waals surface area (Å²) in [6, 6.07) is 0.132. The molecule has 0 bridgehead atoms. The lowest BCUT2D eigenvalue weighted by Gasteiger charge is -2.58. The highest BCUT2D eigenvalue weighted by molar-refractivity contribution is 5.74. The van der Waals surface area contributed by atoms with Crippen LogP contribution in [0.4, 0.5) is 0 Å². The van der Waals surface area contributed by atoms with E-state index in [4.69, 9.17) is 9.47 Å². The fourth-order valence-corrected chi connectivity index (χ4v) is 10.2. The van der Waals surface area contributed by atoms with Crippen molar-refractivity contribution >= 4 is 11.9 Å². The smallest absolute Gasteiger partial charge is 0.302 e. The van der Waals surface area contributed by atoms with Crippen LogP contribution < -0.4 is 0 Å². The number of amides is 1. The van der Waals surface area contributed by atoms with Crippen molar-refractivity contribution in [3.8, 4) is 0 Å². The lowest BCUT2D eigenvalue weighted by Crippen LogP contribution is -2.50. The summed E-state index contributed by atoms with van der Waals surface area (Å²) in [6.45, 7) is 13.7. The second-order valence-corrected chi connectivity index (χ2v) is 13.7. The van der Waals surface area contributed by atoms with Gasteiger partial charge in [0.05, 0.1) is 6.04 Å². The van der Waals surface area contributed by atoms with Crippen molar-refractivity contribution in [1.82, 2.24) is 4.90 Å². The third-order valence-corrected chi connectivity index (χ3v) is 11.7. The van der Waals surface area contributed by atoms with Gasteiger partial charge in [0.25, 0.3) is 0 Å². The van der Waals surface area contributed by atoms with Crippen molar-refractivity contribution in [1.29, 1.82) is 0 Å². The summed E-state index contributed by atoms with van der Waals surface area (Å²) in [7, 11) is 0. The highest BCUT2D eigenvalue weighted by Crippen LogP contribution is 2.69. The average Bonchev–Trinajstić information content (AvgIpc) is 3.44. The number of fused-ring (bicyclic) bond motifs is 7. The number of carbonyl (C=O) groups excluding carboxylic acids is 2. The fourth-order valence-electron chi connectivity index (χ4n) is 10.2. The minimum atomic E-state index is -0.148. The Kier molecular flexibility index (Phi) is 5.70. The summed E-state index contributed by atoms with van der Waals surface area (Å²) in [5.41, 5.74) is 3.52. The van der Waals surface area contributed by atoms with Gasteiger partial charge in [0, 0.05) is 32.7 Å². The van der Waals surface area contributed by atoms with Gasteiger partial charge in [0.1, 0.15) is 18.0 Å². The van der Waals surface area contributed by atoms with Crippen LogP contribution in [0.5, 0.6) is 0 Å². The molecule has 4 aliphatic carbocycles. The molecule has 198 valence electrons. The zero-order chi connectivity index (χ0) is 25.6. The van der Waals surface area contributed by atoms with E-state index in [1.165, 1.54) is 25.3 Å². The predicted molar refractivity (Wildman–Crippen MR) is 139 cm³/mol. The molecule has 4 fully saturated rings. The molecule has 5 heteroatoms. The van der Waals surface area contributed by atoms with Crippen molar-refractivity contribution in [2.45, 2.75) is 111 Å². The number of esters is 1. The molecule has 0 N–H and O–H groups in total. The zero-order valence-electron chi connectivity index (χ0n) is 23.1. The van der Waals surface area contributed by atoms with E-state index in [2.05, 4.69) is 38.7 Å². The Bertz CT molecular complexity index is 1030. The fraction of sp³-hybridized carbons (Fsp3) is 0.806. The summed E-state index contributed by atoms with van der Waals surface area (Å²) in [5, 5.41) is 0. The summed E-state index contributed by atoms with van der Waals surface area (Å²) in [6.07, 6.45) is 11.8. The summed E-state index contributed by atoms with van der Waals surface area (Å²) in [4.78, 5) is 26.0. The average molecular weight is 496 g/mol. The largest absolute Gasteiger partial charge is 0.492 e. The monoisotopic (exact) mass is 495 g/mol. The zero-order valence-corrected chi connectivity index (χ0v) is 23.1. The molecule has 0 radical (unpaired) electrons. The summed E-state index contributed by atoms with van der Waals surface area (Å²) in [5.74, 6) is 4.31. The number of rotatable bonds is 2. The van der Waals surface area contributed by atoms with E-state index in [1.54, 1.807) is 12.5 Å². The minimum absolute atomic E-state index is 0.0607. The lowest BCUT2D eigenvalue weighted by molar-refractivity contribution is -0.148. The second-order valence-electron chi connectivity index (χ2n) is 13.7. The van der Waals surface area contributed by atoms with Crippen LogP contribution in [0.1, 0.15) is 92.9 Å². The van der Waals surface area contributed by atoms with Gasteiger partial charge in [-0.3, -0.25) is 9.59 Å². The first-order chi connectivity index (χ1) is 17.0. The van der Waals surface area contributed by atoms with Gasteiger partial charge >= 0.3 is 5.97 Å². The van der Waals surface area contributed by atoms with Gasteiger partial charge in [-0.2, -0.15) is 0 Å². The Morgan fingerprint density at radius 3 is 2.61 bits per heavy atom. The van der Waals surface area contributed by atoms with Gasteiger partial charge in [-0.05, 0) is 91.9 Å². The Morgan fingerprint density at radius 1 is 1.11 bits per heavy atom. The molecule has 10 atom stereocenters. The van der Waals surface area contributed by atoms with Crippen molar-refractivity contribution in [3.63, 3.8) is 0 Å². The summed E-state index contributed by atoms with van der Waals surface area (Å²) < 4.78 is 12.5. The molecule has 5 nitrogen and oxygen atoms in total. The van der Waals surface area contributed by atoms with E-state index in [1.807, 2.05) is 0 Å². The van der Waals surface area contributed by atoms with Gasteiger partial charge in [0.2, 0.25) is 5.91 Å². The first-order valence-corrected chi connectivity index (χ1v) is 14.5. The minimum Gasteiger partial charge on any atom is -0.492 e. The quantitative estimate of drug-likeness (QED) is 0.346. The normalized spacial score (nSPS) is 47.4. The highest BCUT2D eigenvalue weighted by atomic mass is 16.5. The van der Waals surface area contributed by atoms with E-state index in [0.29, 0.717) is 23.7 Å². The molecule has 1 amide bonds. The first-order valence-electron chi connectivity index (χ1n) is 14.5. The molecule has 0 aromatic rings. The number of hydrogen-bond acceptors (Lipinski definition) is 4. The third kappa shape index (κ3) is 3.46. The van der Waals surface area contributed by atoms with Crippen molar-refractivity contribution < 1.29 is 19.1 Å². The Hall–Kier alpha value is -1.78. The van der Waals surface area contributed by atoms with Crippen LogP contribution in [-0.2, 0) is 19.1 Å². The van der Waals surface area contributed by atoms with E-state index in [9.17, 15) is 9.59 Å². The maximum absolute atomic E-state index is 12.4. The van der Waals surface area contributed by atoms with E-state index in [0.717, 1.165) is 56.7 Å². The van der Waals surface area contributed by atoms with Gasteiger partial charge in [0.15, 0.2) is 0 Å². The van der Waals surface area contributed by atoms with Crippen LogP contribution in [-0.4, -0.2) is 41.6 Å². The van der Waals surface area contributed by atoms with E-state index < -0.39 is 0 Å². The number of nitrogens with zero attached hydrogens (tertiary/aromatic N) is 1. The molecule has 6 rings (SSSR count). The van der Waals surface area contributed by atoms with Crippen LogP contribution in [0.15, 0.2) is 23.0 Å². The second kappa shape index (κ2) is 8.36.